The van der Waals surface area contributed by atoms with E-state index >= 15 is 0 Å². The van der Waals surface area contributed by atoms with Crippen LogP contribution in [0.3, 0.4) is 0 Å². The number of hydrogen-bond donors (Lipinski definition) is 1. The van der Waals surface area contributed by atoms with E-state index in [-0.39, 0.29) is 0 Å². The van der Waals surface area contributed by atoms with Crippen LogP contribution in [0.2, 0.25) is 0 Å². The molecule has 0 aliphatic rings. The molecule has 90 valence electrons. The fourth-order valence-electron chi connectivity index (χ4n) is 1.46. The van der Waals surface area contributed by atoms with Crippen molar-refractivity contribution in [2.45, 2.75) is 10.1 Å². The maximum Gasteiger partial charge on any atom is 0.222 e. The molecule has 0 saturated heterocycles. The van der Waals surface area contributed by atoms with Crippen LogP contribution in [0, 0.1) is 0 Å². The molecule has 7 heteroatoms. The Labute approximate surface area is 120 Å². The van der Waals surface area contributed by atoms with Gasteiger partial charge in [0.1, 0.15) is 14.9 Å². The average molecular weight is 339 g/mol. The number of aromatic nitrogens is 3. The second kappa shape index (κ2) is 4.83. The Bertz CT molecular complexity index is 713. The van der Waals surface area contributed by atoms with E-state index in [0.717, 1.165) is 24.7 Å². The van der Waals surface area contributed by atoms with E-state index < -0.39 is 0 Å². The molecular weight excluding hydrogens is 332 g/mol. The number of fused-ring (bicyclic) bond motifs is 1. The largest absolute Gasteiger partial charge is 0.368 e. The first kappa shape index (κ1) is 11.9. The van der Waals surface area contributed by atoms with E-state index in [1.807, 2.05) is 23.6 Å². The summed E-state index contributed by atoms with van der Waals surface area (Å²) in [6.45, 7) is 0. The average Bonchev–Trinajstić information content (AvgIpc) is 2.80. The number of nitrogen functional groups attached to an aromatic ring is 1. The molecule has 3 heterocycles. The Morgan fingerprint density at radius 1 is 1.22 bits per heavy atom. The number of rotatable bonds is 2. The first-order chi connectivity index (χ1) is 8.74. The Balaban J connectivity index is 2.10. The number of nitrogens with zero attached hydrogens (tertiary/aromatic N) is 3. The molecule has 0 radical (unpaired) electrons. The molecule has 0 spiro atoms. The third-order valence-electron chi connectivity index (χ3n) is 2.23. The van der Waals surface area contributed by atoms with Crippen molar-refractivity contribution in [3.8, 4) is 0 Å². The predicted octanol–water partition coefficient (Wildman–Crippen LogP) is 3.58. The highest BCUT2D eigenvalue weighted by molar-refractivity contribution is 9.10. The topological polar surface area (TPSA) is 64.7 Å². The van der Waals surface area contributed by atoms with Gasteiger partial charge >= 0.3 is 0 Å². The zero-order valence-electron chi connectivity index (χ0n) is 9.00. The van der Waals surface area contributed by atoms with Gasteiger partial charge in [-0.3, -0.25) is 0 Å². The fraction of sp³-hybridized carbons (Fsp3) is 0. The summed E-state index contributed by atoms with van der Waals surface area (Å²) in [5.41, 5.74) is 5.71. The van der Waals surface area contributed by atoms with Crippen molar-refractivity contribution in [2.24, 2.45) is 0 Å². The molecule has 0 atom stereocenters. The Kier molecular flexibility index (Phi) is 3.19. The molecule has 0 aromatic carbocycles. The zero-order chi connectivity index (χ0) is 12.5. The molecule has 0 aliphatic carbocycles. The van der Waals surface area contributed by atoms with Gasteiger partial charge in [0.2, 0.25) is 5.95 Å². The number of hydrogen-bond acceptors (Lipinski definition) is 6. The SMILES string of the molecule is Nc1nc(Sc2ncccc2Br)c2ccsc2n1. The lowest BCUT2D eigenvalue weighted by Crippen LogP contribution is -1.95. The highest BCUT2D eigenvalue weighted by Crippen LogP contribution is 2.35. The molecule has 2 N–H and O–H groups in total. The summed E-state index contributed by atoms with van der Waals surface area (Å²) in [4.78, 5) is 13.7. The lowest BCUT2D eigenvalue weighted by atomic mass is 10.4. The highest BCUT2D eigenvalue weighted by Gasteiger charge is 2.11. The summed E-state index contributed by atoms with van der Waals surface area (Å²) in [6.07, 6.45) is 1.75. The Morgan fingerprint density at radius 2 is 2.11 bits per heavy atom. The quantitative estimate of drug-likeness (QED) is 0.723. The van der Waals surface area contributed by atoms with Crippen LogP contribution in [0.1, 0.15) is 0 Å². The summed E-state index contributed by atoms with van der Waals surface area (Å²) in [6, 6.07) is 5.83. The molecule has 0 aliphatic heterocycles. The minimum Gasteiger partial charge on any atom is -0.368 e. The predicted molar refractivity (Wildman–Crippen MR) is 77.9 cm³/mol. The number of pyridine rings is 1. The van der Waals surface area contributed by atoms with Gasteiger partial charge in [0.05, 0.1) is 4.47 Å². The van der Waals surface area contributed by atoms with Crippen molar-refractivity contribution in [1.29, 1.82) is 0 Å². The smallest absolute Gasteiger partial charge is 0.222 e. The van der Waals surface area contributed by atoms with Gasteiger partial charge in [0, 0.05) is 11.6 Å². The molecule has 3 aromatic heterocycles. The summed E-state index contributed by atoms with van der Waals surface area (Å²) in [5, 5.41) is 4.69. The van der Waals surface area contributed by atoms with Crippen LogP contribution in [0.15, 0.2) is 44.3 Å². The fourth-order valence-corrected chi connectivity index (χ4v) is 3.67. The second-order valence-corrected chi connectivity index (χ2v) is 6.15. The van der Waals surface area contributed by atoms with Gasteiger partial charge in [-0.15, -0.1) is 11.3 Å². The second-order valence-electron chi connectivity index (χ2n) is 3.42. The van der Waals surface area contributed by atoms with Gasteiger partial charge in [-0.2, -0.15) is 0 Å². The van der Waals surface area contributed by atoms with Crippen molar-refractivity contribution in [3.63, 3.8) is 0 Å². The van der Waals surface area contributed by atoms with Crippen LogP contribution in [0.4, 0.5) is 5.95 Å². The molecule has 0 amide bonds. The summed E-state index contributed by atoms with van der Waals surface area (Å²) < 4.78 is 0.940. The molecule has 0 bridgehead atoms. The molecule has 18 heavy (non-hydrogen) atoms. The first-order valence-electron chi connectivity index (χ1n) is 5.03. The van der Waals surface area contributed by atoms with Gasteiger partial charge < -0.3 is 5.73 Å². The van der Waals surface area contributed by atoms with Crippen molar-refractivity contribution < 1.29 is 0 Å². The van der Waals surface area contributed by atoms with Crippen molar-refractivity contribution in [2.75, 3.05) is 5.73 Å². The van der Waals surface area contributed by atoms with Crippen LogP contribution < -0.4 is 5.73 Å². The summed E-state index contributed by atoms with van der Waals surface area (Å²) >= 11 is 6.51. The van der Waals surface area contributed by atoms with Gasteiger partial charge in [0.15, 0.2) is 0 Å². The maximum absolute atomic E-state index is 5.71. The number of halogens is 1. The molecule has 0 fully saturated rings. The van der Waals surface area contributed by atoms with E-state index in [2.05, 4.69) is 30.9 Å². The zero-order valence-corrected chi connectivity index (χ0v) is 12.2. The highest BCUT2D eigenvalue weighted by atomic mass is 79.9. The number of nitrogens with two attached hydrogens (primary N) is 1. The molecular formula is C11H7BrN4S2. The van der Waals surface area contributed by atoms with Gasteiger partial charge in [-0.25, -0.2) is 15.0 Å². The van der Waals surface area contributed by atoms with Crippen LogP contribution >= 0.6 is 39.0 Å². The number of thiophene rings is 1. The Hall–Kier alpha value is -1.18. The van der Waals surface area contributed by atoms with Crippen molar-refractivity contribution in [3.05, 3.63) is 34.2 Å². The van der Waals surface area contributed by atoms with E-state index in [9.17, 15) is 0 Å². The summed E-state index contributed by atoms with van der Waals surface area (Å²) in [5.74, 6) is 0.291. The lowest BCUT2D eigenvalue weighted by molar-refractivity contribution is 1.08. The van der Waals surface area contributed by atoms with Gasteiger partial charge in [0.25, 0.3) is 0 Å². The molecule has 3 aromatic rings. The van der Waals surface area contributed by atoms with Crippen LogP contribution in [0.5, 0.6) is 0 Å². The maximum atomic E-state index is 5.71. The monoisotopic (exact) mass is 338 g/mol. The van der Waals surface area contributed by atoms with Gasteiger partial charge in [-0.05, 0) is 51.3 Å². The first-order valence-corrected chi connectivity index (χ1v) is 7.52. The summed E-state index contributed by atoms with van der Waals surface area (Å²) in [7, 11) is 0. The van der Waals surface area contributed by atoms with E-state index in [4.69, 9.17) is 5.73 Å². The third-order valence-corrected chi connectivity index (χ3v) is 4.96. The van der Waals surface area contributed by atoms with Gasteiger partial charge in [-0.1, -0.05) is 0 Å². The van der Waals surface area contributed by atoms with E-state index in [0.29, 0.717) is 5.95 Å². The normalized spacial score (nSPS) is 10.9. The molecule has 4 nitrogen and oxygen atoms in total. The van der Waals surface area contributed by atoms with Crippen LogP contribution in [-0.4, -0.2) is 15.0 Å². The van der Waals surface area contributed by atoms with Crippen LogP contribution in [-0.2, 0) is 0 Å². The molecule has 0 unspecified atom stereocenters. The molecule has 0 saturated carbocycles. The Morgan fingerprint density at radius 3 is 2.94 bits per heavy atom. The third kappa shape index (κ3) is 2.21. The van der Waals surface area contributed by atoms with E-state index in [1.54, 1.807) is 17.5 Å². The minimum atomic E-state index is 0.291. The lowest BCUT2D eigenvalue weighted by Gasteiger charge is -2.04. The minimum absolute atomic E-state index is 0.291. The standard InChI is InChI=1S/C11H7BrN4S2/c12-7-2-1-4-14-10(7)18-9-6-3-5-17-8(6)15-11(13)16-9/h1-5H,(H2,13,15,16). The van der Waals surface area contributed by atoms with Crippen molar-refractivity contribution >= 4 is 55.2 Å². The van der Waals surface area contributed by atoms with Crippen LogP contribution in [0.25, 0.3) is 10.2 Å². The number of anilines is 1. The van der Waals surface area contributed by atoms with Crippen molar-refractivity contribution in [1.82, 2.24) is 15.0 Å². The van der Waals surface area contributed by atoms with E-state index in [1.165, 1.54) is 11.8 Å². The molecule has 3 rings (SSSR count).